The van der Waals surface area contributed by atoms with Crippen LogP contribution in [0.25, 0.3) is 11.1 Å². The van der Waals surface area contributed by atoms with Crippen LogP contribution in [-0.2, 0) is 0 Å². The van der Waals surface area contributed by atoms with Gasteiger partial charge < -0.3 is 5.11 Å². The van der Waals surface area contributed by atoms with Crippen LogP contribution < -0.4 is 0 Å². The van der Waals surface area contributed by atoms with Crippen LogP contribution in [0.5, 0.6) is 5.75 Å². The third-order valence-corrected chi connectivity index (χ3v) is 2.75. The highest BCUT2D eigenvalue weighted by Crippen LogP contribution is 2.36. The molecule has 0 aliphatic heterocycles. The van der Waals surface area contributed by atoms with E-state index < -0.39 is 0 Å². The summed E-state index contributed by atoms with van der Waals surface area (Å²) in [5, 5.41) is 9.68. The SMILES string of the molecule is Oc1c(Cl)cc(-c2cccc(F)c2)cc1Cl. The van der Waals surface area contributed by atoms with Crippen LogP contribution in [0.15, 0.2) is 36.4 Å². The summed E-state index contributed by atoms with van der Waals surface area (Å²) in [6, 6.07) is 9.14. The number of phenols is 1. The molecule has 0 saturated heterocycles. The topological polar surface area (TPSA) is 20.2 Å². The molecule has 0 saturated carbocycles. The molecule has 0 amide bonds. The van der Waals surface area contributed by atoms with Crippen molar-refractivity contribution in [2.45, 2.75) is 0 Å². The molecular formula is C12H7Cl2FO. The Labute approximate surface area is 102 Å². The van der Waals surface area contributed by atoms with Crippen molar-refractivity contribution in [2.75, 3.05) is 0 Å². The summed E-state index contributed by atoms with van der Waals surface area (Å²) < 4.78 is 13.0. The van der Waals surface area contributed by atoms with Crippen molar-refractivity contribution < 1.29 is 9.50 Å². The minimum Gasteiger partial charge on any atom is -0.505 e. The summed E-state index contributed by atoms with van der Waals surface area (Å²) in [5.41, 5.74) is 1.32. The van der Waals surface area contributed by atoms with E-state index in [0.29, 0.717) is 11.1 Å². The number of hydrogen-bond acceptors (Lipinski definition) is 1. The van der Waals surface area contributed by atoms with Crippen molar-refractivity contribution in [3.8, 4) is 16.9 Å². The molecule has 2 aromatic rings. The molecule has 0 unspecified atom stereocenters. The maximum absolute atomic E-state index is 13.0. The largest absolute Gasteiger partial charge is 0.505 e. The Kier molecular flexibility index (Phi) is 3.03. The molecule has 0 aliphatic carbocycles. The number of benzene rings is 2. The zero-order chi connectivity index (χ0) is 11.7. The fraction of sp³-hybridized carbons (Fsp3) is 0. The first-order valence-corrected chi connectivity index (χ1v) is 5.27. The predicted octanol–water partition coefficient (Wildman–Crippen LogP) is 4.51. The number of halogens is 3. The van der Waals surface area contributed by atoms with Gasteiger partial charge in [-0.15, -0.1) is 0 Å². The first-order valence-electron chi connectivity index (χ1n) is 4.52. The first kappa shape index (κ1) is 11.2. The maximum atomic E-state index is 13.0. The second-order valence-corrected chi connectivity index (χ2v) is 4.11. The fourth-order valence-corrected chi connectivity index (χ4v) is 1.89. The van der Waals surface area contributed by atoms with Gasteiger partial charge in [0.15, 0.2) is 5.75 Å². The molecule has 0 aliphatic rings. The van der Waals surface area contributed by atoms with E-state index in [1.807, 2.05) is 0 Å². The fourth-order valence-electron chi connectivity index (χ4n) is 1.40. The number of hydrogen-bond donors (Lipinski definition) is 1. The second-order valence-electron chi connectivity index (χ2n) is 3.30. The summed E-state index contributed by atoms with van der Waals surface area (Å²) in [5.74, 6) is -0.499. The normalized spacial score (nSPS) is 10.4. The second kappa shape index (κ2) is 4.32. The minimum atomic E-state index is -0.335. The monoisotopic (exact) mass is 256 g/mol. The molecule has 0 heterocycles. The van der Waals surface area contributed by atoms with Crippen LogP contribution in [0.2, 0.25) is 10.0 Å². The summed E-state index contributed by atoms with van der Waals surface area (Å²) in [6.45, 7) is 0. The highest BCUT2D eigenvalue weighted by molar-refractivity contribution is 6.37. The van der Waals surface area contributed by atoms with Gasteiger partial charge in [-0.05, 0) is 35.4 Å². The summed E-state index contributed by atoms with van der Waals surface area (Å²) in [6.07, 6.45) is 0. The Hall–Kier alpha value is -1.25. The van der Waals surface area contributed by atoms with Gasteiger partial charge in [-0.2, -0.15) is 0 Å². The van der Waals surface area contributed by atoms with Crippen LogP contribution >= 0.6 is 23.2 Å². The van der Waals surface area contributed by atoms with Crippen molar-refractivity contribution in [1.82, 2.24) is 0 Å². The van der Waals surface area contributed by atoms with E-state index in [2.05, 4.69) is 0 Å². The van der Waals surface area contributed by atoms with Crippen LogP contribution in [0.4, 0.5) is 4.39 Å². The van der Waals surface area contributed by atoms with Crippen LogP contribution in [0.1, 0.15) is 0 Å². The van der Waals surface area contributed by atoms with Gasteiger partial charge in [0.25, 0.3) is 0 Å². The zero-order valence-corrected chi connectivity index (χ0v) is 9.56. The van der Waals surface area contributed by atoms with E-state index in [0.717, 1.165) is 0 Å². The van der Waals surface area contributed by atoms with Gasteiger partial charge in [-0.1, -0.05) is 35.3 Å². The lowest BCUT2D eigenvalue weighted by Gasteiger charge is -2.05. The van der Waals surface area contributed by atoms with Crippen LogP contribution in [0, 0.1) is 5.82 Å². The standard InChI is InChI=1S/C12H7Cl2FO/c13-10-5-8(6-11(14)12(10)16)7-2-1-3-9(15)4-7/h1-6,16H. The Morgan fingerprint density at radius 2 is 1.56 bits per heavy atom. The molecule has 1 nitrogen and oxygen atoms in total. The molecule has 0 bridgehead atoms. The van der Waals surface area contributed by atoms with Crippen LogP contribution in [0.3, 0.4) is 0 Å². The Morgan fingerprint density at radius 3 is 2.12 bits per heavy atom. The molecule has 82 valence electrons. The quantitative estimate of drug-likeness (QED) is 0.797. The maximum Gasteiger partial charge on any atom is 0.152 e. The third-order valence-electron chi connectivity index (χ3n) is 2.17. The van der Waals surface area contributed by atoms with Gasteiger partial charge in [-0.25, -0.2) is 4.39 Å². The first-order chi connectivity index (χ1) is 7.58. The van der Waals surface area contributed by atoms with Crippen molar-refractivity contribution in [3.05, 3.63) is 52.3 Å². The lowest BCUT2D eigenvalue weighted by molar-refractivity contribution is 0.476. The molecule has 0 fully saturated rings. The van der Waals surface area contributed by atoms with Gasteiger partial charge in [-0.3, -0.25) is 0 Å². The van der Waals surface area contributed by atoms with Gasteiger partial charge in [0.1, 0.15) is 5.82 Å². The molecule has 4 heteroatoms. The van der Waals surface area contributed by atoms with E-state index in [9.17, 15) is 9.50 Å². The van der Waals surface area contributed by atoms with E-state index in [1.54, 1.807) is 12.1 Å². The summed E-state index contributed by atoms with van der Waals surface area (Å²) in [7, 11) is 0. The Balaban J connectivity index is 2.57. The zero-order valence-electron chi connectivity index (χ0n) is 8.05. The molecule has 2 aromatic carbocycles. The smallest absolute Gasteiger partial charge is 0.152 e. The van der Waals surface area contributed by atoms with Crippen molar-refractivity contribution in [3.63, 3.8) is 0 Å². The Morgan fingerprint density at radius 1 is 0.938 bits per heavy atom. The van der Waals surface area contributed by atoms with E-state index in [-0.39, 0.29) is 21.6 Å². The molecular weight excluding hydrogens is 250 g/mol. The number of rotatable bonds is 1. The molecule has 0 spiro atoms. The van der Waals surface area contributed by atoms with E-state index in [1.165, 1.54) is 24.3 Å². The lowest BCUT2D eigenvalue weighted by atomic mass is 10.1. The van der Waals surface area contributed by atoms with Gasteiger partial charge in [0.2, 0.25) is 0 Å². The summed E-state index contributed by atoms with van der Waals surface area (Å²) >= 11 is 11.6. The lowest BCUT2D eigenvalue weighted by Crippen LogP contribution is -1.81. The molecule has 16 heavy (non-hydrogen) atoms. The number of aromatic hydroxyl groups is 1. The third kappa shape index (κ3) is 2.13. The van der Waals surface area contributed by atoms with Gasteiger partial charge in [0, 0.05) is 0 Å². The number of phenolic OH excluding ortho intramolecular Hbond substituents is 1. The summed E-state index contributed by atoms with van der Waals surface area (Å²) in [4.78, 5) is 0. The van der Waals surface area contributed by atoms with Crippen molar-refractivity contribution >= 4 is 23.2 Å². The highest BCUT2D eigenvalue weighted by Gasteiger charge is 2.08. The molecule has 1 N–H and O–H groups in total. The average molecular weight is 257 g/mol. The predicted molar refractivity (Wildman–Crippen MR) is 63.5 cm³/mol. The molecule has 0 atom stereocenters. The van der Waals surface area contributed by atoms with Crippen molar-refractivity contribution in [1.29, 1.82) is 0 Å². The molecule has 2 rings (SSSR count). The van der Waals surface area contributed by atoms with Crippen LogP contribution in [-0.4, -0.2) is 5.11 Å². The van der Waals surface area contributed by atoms with Crippen molar-refractivity contribution in [2.24, 2.45) is 0 Å². The highest BCUT2D eigenvalue weighted by atomic mass is 35.5. The van der Waals surface area contributed by atoms with Gasteiger partial charge >= 0.3 is 0 Å². The molecule has 0 aromatic heterocycles. The van der Waals surface area contributed by atoms with Gasteiger partial charge in [0.05, 0.1) is 10.0 Å². The molecule has 0 radical (unpaired) electrons. The average Bonchev–Trinajstić information content (AvgIpc) is 2.25. The van der Waals surface area contributed by atoms with E-state index in [4.69, 9.17) is 23.2 Å². The minimum absolute atomic E-state index is 0.145. The van der Waals surface area contributed by atoms with E-state index >= 15 is 0 Å². The Bertz CT molecular complexity index is 517.